The molecule has 0 bridgehead atoms. The fourth-order valence-corrected chi connectivity index (χ4v) is 3.88. The van der Waals surface area contributed by atoms with Gasteiger partial charge in [0.2, 0.25) is 0 Å². The van der Waals surface area contributed by atoms with Gasteiger partial charge in [0.25, 0.3) is 0 Å². The van der Waals surface area contributed by atoms with Crippen LogP contribution in [0.3, 0.4) is 0 Å². The third-order valence-corrected chi connectivity index (χ3v) is 5.58. The maximum Gasteiger partial charge on any atom is 0.145 e. The molecule has 0 aliphatic carbocycles. The molecule has 2 aliphatic heterocycles. The zero-order chi connectivity index (χ0) is 18.7. The molecular weight excluding hydrogens is 342 g/mol. The van der Waals surface area contributed by atoms with E-state index in [2.05, 4.69) is 22.1 Å². The van der Waals surface area contributed by atoms with E-state index in [1.807, 2.05) is 36.4 Å². The Morgan fingerprint density at radius 2 is 2.00 bits per heavy atom. The van der Waals surface area contributed by atoms with Gasteiger partial charge in [0.05, 0.1) is 11.3 Å². The lowest BCUT2D eigenvalue weighted by atomic mass is 9.87. The number of rotatable bonds is 6. The molecule has 0 amide bonds. The molecule has 27 heavy (non-hydrogen) atoms. The van der Waals surface area contributed by atoms with Gasteiger partial charge in [0.1, 0.15) is 17.6 Å². The number of aromatic nitrogens is 1. The van der Waals surface area contributed by atoms with Gasteiger partial charge in [0, 0.05) is 44.1 Å². The van der Waals surface area contributed by atoms with Gasteiger partial charge in [0.15, 0.2) is 0 Å². The van der Waals surface area contributed by atoms with Crippen LogP contribution in [0, 0.1) is 0 Å². The minimum absolute atomic E-state index is 0.161. The van der Waals surface area contributed by atoms with Crippen LogP contribution in [0.4, 0.5) is 0 Å². The summed E-state index contributed by atoms with van der Waals surface area (Å²) in [5.74, 6) is 0.741. The molecule has 6 heteroatoms. The fourth-order valence-electron chi connectivity index (χ4n) is 3.88. The summed E-state index contributed by atoms with van der Waals surface area (Å²) >= 11 is 0. The minimum Gasteiger partial charge on any atom is -0.391 e. The molecular formula is C21H27N3O3. The first-order valence-electron chi connectivity index (χ1n) is 9.81. The first-order chi connectivity index (χ1) is 13.1. The molecule has 0 radical (unpaired) electrons. The highest BCUT2D eigenvalue weighted by molar-refractivity contribution is 5.85. The Morgan fingerprint density at radius 1 is 1.22 bits per heavy atom. The van der Waals surface area contributed by atoms with Gasteiger partial charge in [-0.25, -0.2) is 0 Å². The predicted molar refractivity (Wildman–Crippen MR) is 103 cm³/mol. The van der Waals surface area contributed by atoms with Crippen LogP contribution in [0.25, 0.3) is 11.3 Å². The van der Waals surface area contributed by atoms with Gasteiger partial charge in [-0.05, 0) is 19.3 Å². The first kappa shape index (κ1) is 18.2. The summed E-state index contributed by atoms with van der Waals surface area (Å²) in [6.07, 6.45) is 4.00. The van der Waals surface area contributed by atoms with E-state index < -0.39 is 5.60 Å². The SMILES string of the molecule is CCC1=NO[C@H](CN2CCC(O)(Cc3cc(-c4ccccc4)no3)CC2)C1. The number of oxime groups is 1. The monoisotopic (exact) mass is 369 g/mol. The van der Waals surface area contributed by atoms with E-state index in [1.165, 1.54) is 0 Å². The molecule has 6 nitrogen and oxygen atoms in total. The van der Waals surface area contributed by atoms with Crippen LogP contribution < -0.4 is 0 Å². The Balaban J connectivity index is 1.29. The smallest absolute Gasteiger partial charge is 0.145 e. The molecule has 0 spiro atoms. The summed E-state index contributed by atoms with van der Waals surface area (Å²) in [7, 11) is 0. The molecule has 2 aromatic rings. The van der Waals surface area contributed by atoms with Crippen LogP contribution >= 0.6 is 0 Å². The van der Waals surface area contributed by atoms with Gasteiger partial charge in [-0.3, -0.25) is 4.90 Å². The van der Waals surface area contributed by atoms with Crippen LogP contribution in [0.5, 0.6) is 0 Å². The molecule has 1 fully saturated rings. The van der Waals surface area contributed by atoms with Crippen LogP contribution in [-0.2, 0) is 11.3 Å². The quantitative estimate of drug-likeness (QED) is 0.846. The summed E-state index contributed by atoms with van der Waals surface area (Å²) in [6.45, 7) is 4.71. The van der Waals surface area contributed by atoms with Crippen LogP contribution in [-0.4, -0.2) is 52.2 Å². The van der Waals surface area contributed by atoms with Gasteiger partial charge >= 0.3 is 0 Å². The summed E-state index contributed by atoms with van der Waals surface area (Å²) in [5.41, 5.74) is 2.26. The zero-order valence-corrected chi connectivity index (χ0v) is 15.8. The lowest BCUT2D eigenvalue weighted by Crippen LogP contribution is -2.47. The summed E-state index contributed by atoms with van der Waals surface area (Å²) in [5, 5.41) is 19.3. The topological polar surface area (TPSA) is 71.1 Å². The molecule has 144 valence electrons. The Bertz CT molecular complexity index is 779. The predicted octanol–water partition coefficient (Wildman–Crippen LogP) is 3.27. The van der Waals surface area contributed by atoms with Gasteiger partial charge in [-0.2, -0.15) is 0 Å². The van der Waals surface area contributed by atoms with E-state index in [0.29, 0.717) is 6.42 Å². The number of aliphatic hydroxyl groups is 1. The first-order valence-corrected chi connectivity index (χ1v) is 9.81. The van der Waals surface area contributed by atoms with E-state index in [4.69, 9.17) is 9.36 Å². The second-order valence-corrected chi connectivity index (χ2v) is 7.69. The van der Waals surface area contributed by atoms with E-state index in [1.54, 1.807) is 0 Å². The number of hydrogen-bond acceptors (Lipinski definition) is 6. The molecule has 1 aromatic carbocycles. The number of benzene rings is 1. The van der Waals surface area contributed by atoms with Crippen molar-refractivity contribution in [1.29, 1.82) is 0 Å². The molecule has 4 rings (SSSR count). The van der Waals surface area contributed by atoms with Gasteiger partial charge in [-0.1, -0.05) is 47.6 Å². The van der Waals surface area contributed by atoms with Crippen molar-refractivity contribution in [1.82, 2.24) is 10.1 Å². The van der Waals surface area contributed by atoms with Crippen molar-refractivity contribution < 1.29 is 14.5 Å². The lowest BCUT2D eigenvalue weighted by molar-refractivity contribution is -0.0372. The normalized spacial score (nSPS) is 22.4. The van der Waals surface area contributed by atoms with E-state index in [9.17, 15) is 5.11 Å². The highest BCUT2D eigenvalue weighted by Crippen LogP contribution is 2.29. The molecule has 1 aromatic heterocycles. The third-order valence-electron chi connectivity index (χ3n) is 5.58. The van der Waals surface area contributed by atoms with E-state index in [0.717, 1.165) is 68.0 Å². The molecule has 1 N–H and O–H groups in total. The second-order valence-electron chi connectivity index (χ2n) is 7.69. The van der Waals surface area contributed by atoms with Crippen molar-refractivity contribution in [2.75, 3.05) is 19.6 Å². The van der Waals surface area contributed by atoms with Gasteiger partial charge in [-0.15, -0.1) is 0 Å². The van der Waals surface area contributed by atoms with E-state index in [-0.39, 0.29) is 6.10 Å². The highest BCUT2D eigenvalue weighted by Gasteiger charge is 2.35. The number of piperidine rings is 1. The number of hydrogen-bond donors (Lipinski definition) is 1. The summed E-state index contributed by atoms with van der Waals surface area (Å²) in [6, 6.07) is 11.9. The Kier molecular flexibility index (Phi) is 5.27. The third kappa shape index (κ3) is 4.39. The largest absolute Gasteiger partial charge is 0.391 e. The average Bonchev–Trinajstić information content (AvgIpc) is 3.34. The van der Waals surface area contributed by atoms with Gasteiger partial charge < -0.3 is 14.5 Å². The van der Waals surface area contributed by atoms with Crippen molar-refractivity contribution in [3.05, 3.63) is 42.2 Å². The maximum atomic E-state index is 11.0. The lowest BCUT2D eigenvalue weighted by Gasteiger charge is -2.38. The maximum absolute atomic E-state index is 11.0. The van der Waals surface area contributed by atoms with Crippen molar-refractivity contribution in [3.63, 3.8) is 0 Å². The number of nitrogens with zero attached hydrogens (tertiary/aromatic N) is 3. The fraction of sp³-hybridized carbons (Fsp3) is 0.524. The van der Waals surface area contributed by atoms with Crippen molar-refractivity contribution in [3.8, 4) is 11.3 Å². The Hall–Kier alpha value is -2.18. The standard InChI is InChI=1S/C21H27N3O3/c1-2-17-12-19(27-22-17)15-24-10-8-21(25,9-11-24)14-18-13-20(23-26-18)16-6-4-3-5-7-16/h3-7,13,19,25H,2,8-12,14-15H2,1H3/t19-/m0/s1. The molecule has 0 unspecified atom stereocenters. The van der Waals surface area contributed by atoms with Crippen molar-refractivity contribution in [2.24, 2.45) is 5.16 Å². The van der Waals surface area contributed by atoms with Crippen molar-refractivity contribution >= 4 is 5.71 Å². The Labute approximate surface area is 159 Å². The number of likely N-dealkylation sites (tertiary alicyclic amines) is 1. The molecule has 0 saturated carbocycles. The summed E-state index contributed by atoms with van der Waals surface area (Å²) in [4.78, 5) is 7.88. The Morgan fingerprint density at radius 3 is 2.70 bits per heavy atom. The van der Waals surface area contributed by atoms with E-state index >= 15 is 0 Å². The average molecular weight is 369 g/mol. The van der Waals surface area contributed by atoms with Crippen LogP contribution in [0.2, 0.25) is 0 Å². The molecule has 1 saturated heterocycles. The highest BCUT2D eigenvalue weighted by atomic mass is 16.6. The van der Waals surface area contributed by atoms with Crippen LogP contribution in [0.1, 0.15) is 38.4 Å². The zero-order valence-electron chi connectivity index (χ0n) is 15.8. The molecule has 1 atom stereocenters. The van der Waals surface area contributed by atoms with Crippen LogP contribution in [0.15, 0.2) is 46.1 Å². The van der Waals surface area contributed by atoms with Crippen molar-refractivity contribution in [2.45, 2.75) is 50.7 Å². The minimum atomic E-state index is -0.731. The molecule has 3 heterocycles. The molecule has 2 aliphatic rings. The second kappa shape index (κ2) is 7.82. The summed E-state index contributed by atoms with van der Waals surface area (Å²) < 4.78 is 5.49.